The maximum absolute atomic E-state index is 13.4. The number of hydrogen-bond donors (Lipinski definition) is 1. The van der Waals surface area contributed by atoms with Crippen LogP contribution >= 0.6 is 0 Å². The van der Waals surface area contributed by atoms with Gasteiger partial charge in [-0.3, -0.25) is 9.59 Å². The van der Waals surface area contributed by atoms with Crippen molar-refractivity contribution in [3.63, 3.8) is 0 Å². The first-order valence-electron chi connectivity index (χ1n) is 11.1. The summed E-state index contributed by atoms with van der Waals surface area (Å²) in [6, 6.07) is 13.6. The van der Waals surface area contributed by atoms with Crippen LogP contribution < -0.4 is 10.2 Å². The van der Waals surface area contributed by atoms with Crippen LogP contribution in [0.3, 0.4) is 0 Å². The van der Waals surface area contributed by atoms with Crippen molar-refractivity contribution in [2.45, 2.75) is 31.5 Å². The minimum Gasteiger partial charge on any atom is -0.371 e. The van der Waals surface area contributed by atoms with Crippen LogP contribution in [-0.4, -0.2) is 49.4 Å². The smallest absolute Gasteiger partial charge is 0.371 e. The molecule has 9 heteroatoms. The first-order valence-corrected chi connectivity index (χ1v) is 11.1. The van der Waals surface area contributed by atoms with E-state index in [1.54, 1.807) is 48.3 Å². The molecule has 2 amide bonds. The van der Waals surface area contributed by atoms with Gasteiger partial charge < -0.3 is 15.1 Å². The Bertz CT molecular complexity index is 1120. The average molecular weight is 470 g/mol. The molecule has 0 radical (unpaired) electrons. The zero-order valence-electron chi connectivity index (χ0n) is 18.7. The van der Waals surface area contributed by atoms with Crippen molar-refractivity contribution in [3.05, 3.63) is 65.2 Å². The number of nitrogens with zero attached hydrogens (tertiary/aromatic N) is 3. The molecule has 2 saturated heterocycles. The molecule has 1 spiro atoms. The SMILES string of the molecule is CNC(=O)C1CC2(CCN(c3ccc(C#N)c(C(F)(F)F)c3)CC2)CN1C(=O)c1ccccc1. The summed E-state index contributed by atoms with van der Waals surface area (Å²) in [4.78, 5) is 29.3. The van der Waals surface area contributed by atoms with E-state index in [9.17, 15) is 22.8 Å². The summed E-state index contributed by atoms with van der Waals surface area (Å²) in [7, 11) is 1.55. The highest BCUT2D eigenvalue weighted by atomic mass is 19.4. The van der Waals surface area contributed by atoms with E-state index < -0.39 is 23.3 Å². The van der Waals surface area contributed by atoms with Gasteiger partial charge in [-0.25, -0.2) is 0 Å². The van der Waals surface area contributed by atoms with Crippen molar-refractivity contribution in [2.24, 2.45) is 5.41 Å². The van der Waals surface area contributed by atoms with Crippen LogP contribution in [0.2, 0.25) is 0 Å². The number of anilines is 1. The molecule has 2 aromatic rings. The predicted molar refractivity (Wildman–Crippen MR) is 120 cm³/mol. The summed E-state index contributed by atoms with van der Waals surface area (Å²) in [6.45, 7) is 1.42. The lowest BCUT2D eigenvalue weighted by Gasteiger charge is -2.40. The number of piperidine rings is 1. The fourth-order valence-corrected chi connectivity index (χ4v) is 5.08. The Labute approximate surface area is 196 Å². The van der Waals surface area contributed by atoms with E-state index in [0.29, 0.717) is 50.1 Å². The largest absolute Gasteiger partial charge is 0.417 e. The van der Waals surface area contributed by atoms with Gasteiger partial charge in [0.2, 0.25) is 5.91 Å². The molecule has 2 aliphatic heterocycles. The number of alkyl halides is 3. The molecule has 2 heterocycles. The number of carbonyl (C=O) groups excluding carboxylic acids is 2. The summed E-state index contributed by atoms with van der Waals surface area (Å²) in [5.41, 5.74) is -0.684. The molecule has 4 rings (SSSR count). The van der Waals surface area contributed by atoms with Gasteiger partial charge in [0, 0.05) is 37.9 Å². The second kappa shape index (κ2) is 9.01. The van der Waals surface area contributed by atoms with E-state index in [1.807, 2.05) is 11.0 Å². The van der Waals surface area contributed by atoms with Crippen LogP contribution in [0.4, 0.5) is 18.9 Å². The van der Waals surface area contributed by atoms with Crippen molar-refractivity contribution in [1.82, 2.24) is 10.2 Å². The molecule has 2 aliphatic rings. The minimum atomic E-state index is -4.61. The second-order valence-corrected chi connectivity index (χ2v) is 8.96. The van der Waals surface area contributed by atoms with Gasteiger partial charge in [0.05, 0.1) is 17.2 Å². The number of nitriles is 1. The maximum atomic E-state index is 13.4. The lowest BCUT2D eigenvalue weighted by atomic mass is 9.76. The van der Waals surface area contributed by atoms with Gasteiger partial charge in [-0.15, -0.1) is 0 Å². The third kappa shape index (κ3) is 4.45. The Balaban J connectivity index is 1.53. The van der Waals surface area contributed by atoms with Crippen molar-refractivity contribution < 1.29 is 22.8 Å². The lowest BCUT2D eigenvalue weighted by molar-refractivity contribution is -0.137. The average Bonchev–Trinajstić information content (AvgIpc) is 3.22. The van der Waals surface area contributed by atoms with Gasteiger partial charge in [-0.2, -0.15) is 18.4 Å². The van der Waals surface area contributed by atoms with Crippen LogP contribution in [0.1, 0.15) is 40.7 Å². The number of nitrogens with one attached hydrogen (secondary N) is 1. The van der Waals surface area contributed by atoms with Crippen LogP contribution in [-0.2, 0) is 11.0 Å². The Morgan fingerprint density at radius 2 is 1.79 bits per heavy atom. The molecule has 0 aliphatic carbocycles. The Kier molecular flexibility index (Phi) is 6.26. The van der Waals surface area contributed by atoms with E-state index in [4.69, 9.17) is 5.26 Å². The summed E-state index contributed by atoms with van der Waals surface area (Å²) in [5, 5.41) is 11.7. The molecule has 1 atom stereocenters. The van der Waals surface area contributed by atoms with Crippen molar-refractivity contribution in [3.8, 4) is 6.07 Å². The van der Waals surface area contributed by atoms with Crippen LogP contribution in [0, 0.1) is 16.7 Å². The van der Waals surface area contributed by atoms with Crippen LogP contribution in [0.25, 0.3) is 0 Å². The minimum absolute atomic E-state index is 0.199. The fourth-order valence-electron chi connectivity index (χ4n) is 5.08. The number of hydrogen-bond acceptors (Lipinski definition) is 4. The summed E-state index contributed by atoms with van der Waals surface area (Å²) in [5.74, 6) is -0.416. The molecule has 1 unspecified atom stereocenters. The van der Waals surface area contributed by atoms with Gasteiger partial charge in [-0.05, 0) is 55.0 Å². The van der Waals surface area contributed by atoms with E-state index >= 15 is 0 Å². The van der Waals surface area contributed by atoms with Gasteiger partial charge in [-0.1, -0.05) is 18.2 Å². The summed E-state index contributed by atoms with van der Waals surface area (Å²) in [6.07, 6.45) is -2.82. The summed E-state index contributed by atoms with van der Waals surface area (Å²) < 4.78 is 40.2. The van der Waals surface area contributed by atoms with Crippen molar-refractivity contribution >= 4 is 17.5 Å². The van der Waals surface area contributed by atoms with Gasteiger partial charge >= 0.3 is 6.18 Å². The number of likely N-dealkylation sites (N-methyl/N-ethyl adjacent to an activating group) is 1. The molecule has 2 aromatic carbocycles. The van der Waals surface area contributed by atoms with E-state index in [1.165, 1.54) is 6.07 Å². The number of halogens is 3. The van der Waals surface area contributed by atoms with Gasteiger partial charge in [0.25, 0.3) is 5.91 Å². The van der Waals surface area contributed by atoms with Crippen molar-refractivity contribution in [1.29, 1.82) is 5.26 Å². The monoisotopic (exact) mass is 470 g/mol. The standard InChI is InChI=1S/C25H25F3N4O2/c1-30-22(33)21-14-24(16-32(21)23(34)17-5-3-2-4-6-17)9-11-31(12-10-24)19-8-7-18(15-29)20(13-19)25(26,27)28/h2-8,13,21H,9-12,14,16H2,1H3,(H,30,33). The number of likely N-dealkylation sites (tertiary alicyclic amines) is 1. The fraction of sp³-hybridized carbons (Fsp3) is 0.400. The highest BCUT2D eigenvalue weighted by Gasteiger charge is 2.49. The zero-order chi connectivity index (χ0) is 24.5. The molecule has 6 nitrogen and oxygen atoms in total. The van der Waals surface area contributed by atoms with Crippen LogP contribution in [0.5, 0.6) is 0 Å². The highest BCUT2D eigenvalue weighted by Crippen LogP contribution is 2.45. The highest BCUT2D eigenvalue weighted by molar-refractivity contribution is 5.98. The molecule has 0 aromatic heterocycles. The van der Waals surface area contributed by atoms with E-state index in [-0.39, 0.29) is 17.2 Å². The zero-order valence-corrected chi connectivity index (χ0v) is 18.7. The third-order valence-corrected chi connectivity index (χ3v) is 6.96. The number of rotatable bonds is 3. The molecule has 1 N–H and O–H groups in total. The Morgan fingerprint density at radius 1 is 1.12 bits per heavy atom. The predicted octanol–water partition coefficient (Wildman–Crippen LogP) is 3.82. The first kappa shape index (κ1) is 23.6. The van der Waals surface area contributed by atoms with E-state index in [0.717, 1.165) is 6.07 Å². The molecular weight excluding hydrogens is 445 g/mol. The molecule has 2 fully saturated rings. The summed E-state index contributed by atoms with van der Waals surface area (Å²) >= 11 is 0. The maximum Gasteiger partial charge on any atom is 0.417 e. The topological polar surface area (TPSA) is 76.4 Å². The molecular formula is C25H25F3N4O2. The first-order chi connectivity index (χ1) is 16.2. The quantitative estimate of drug-likeness (QED) is 0.740. The molecule has 0 saturated carbocycles. The number of carbonyl (C=O) groups is 2. The molecule has 34 heavy (non-hydrogen) atoms. The van der Waals surface area contributed by atoms with E-state index in [2.05, 4.69) is 5.32 Å². The van der Waals surface area contributed by atoms with Gasteiger partial charge in [0.15, 0.2) is 0 Å². The number of benzene rings is 2. The number of amides is 2. The molecule has 0 bridgehead atoms. The normalized spacial score (nSPS) is 19.7. The Hall–Kier alpha value is -3.54. The Morgan fingerprint density at radius 3 is 2.38 bits per heavy atom. The molecule has 178 valence electrons. The third-order valence-electron chi connectivity index (χ3n) is 6.96. The van der Waals surface area contributed by atoms with Crippen LogP contribution in [0.15, 0.2) is 48.5 Å². The van der Waals surface area contributed by atoms with Gasteiger partial charge in [0.1, 0.15) is 6.04 Å². The lowest BCUT2D eigenvalue weighted by Crippen LogP contribution is -2.45. The van der Waals surface area contributed by atoms with Crippen molar-refractivity contribution in [2.75, 3.05) is 31.6 Å². The second-order valence-electron chi connectivity index (χ2n) is 8.96.